The van der Waals surface area contributed by atoms with E-state index >= 15 is 0 Å². The lowest BCUT2D eigenvalue weighted by Gasteiger charge is -2.38. The second-order valence-electron chi connectivity index (χ2n) is 7.95. The number of phenols is 1. The van der Waals surface area contributed by atoms with Gasteiger partial charge in [0.2, 0.25) is 5.91 Å². The summed E-state index contributed by atoms with van der Waals surface area (Å²) in [5, 5.41) is 13.3. The Kier molecular flexibility index (Phi) is 7.16. The Labute approximate surface area is 167 Å². The van der Waals surface area contributed by atoms with E-state index in [1.165, 1.54) is 0 Å². The summed E-state index contributed by atoms with van der Waals surface area (Å²) in [5.41, 5.74) is 14.1. The van der Waals surface area contributed by atoms with Crippen molar-refractivity contribution in [1.29, 1.82) is 0 Å². The van der Waals surface area contributed by atoms with Crippen molar-refractivity contribution in [3.63, 3.8) is 0 Å². The number of nitrogens with zero attached hydrogens (tertiary/aromatic N) is 1. The number of carbonyl (C=O) groups excluding carboxylic acids is 1. The Morgan fingerprint density at radius 2 is 1.93 bits per heavy atom. The van der Waals surface area contributed by atoms with Crippen LogP contribution in [0, 0.1) is 20.8 Å². The second kappa shape index (κ2) is 9.17. The van der Waals surface area contributed by atoms with E-state index in [9.17, 15) is 9.90 Å². The lowest BCUT2D eigenvalue weighted by Crippen LogP contribution is -2.40. The number of phenolic OH excluding ortho intramolecular Hbond substituents is 1. The molecule has 1 aliphatic heterocycles. The Morgan fingerprint density at radius 1 is 1.21 bits per heavy atom. The molecule has 7 nitrogen and oxygen atoms in total. The maximum atomic E-state index is 12.0. The number of aromatic hydroxyl groups is 1. The van der Waals surface area contributed by atoms with E-state index in [1.807, 2.05) is 20.8 Å². The number of unbranched alkanes of at least 4 members (excludes halogenated alkanes) is 1. The molecular weight excluding hydrogens is 356 g/mol. The summed E-state index contributed by atoms with van der Waals surface area (Å²) >= 11 is 0. The molecule has 0 aliphatic carbocycles. The number of nitrogens with two attached hydrogens (primary N) is 2. The molecule has 7 heteroatoms. The highest BCUT2D eigenvalue weighted by atomic mass is 16.5. The Morgan fingerprint density at radius 3 is 2.61 bits per heavy atom. The molecule has 0 saturated heterocycles. The minimum atomic E-state index is -0.325. The Balaban J connectivity index is 1.84. The molecule has 1 aromatic rings. The molecular formula is C21H34N4O3. The molecule has 1 aromatic carbocycles. The highest BCUT2D eigenvalue weighted by Crippen LogP contribution is 2.43. The van der Waals surface area contributed by atoms with Gasteiger partial charge in [-0.1, -0.05) is 0 Å². The minimum absolute atomic E-state index is 0.0392. The van der Waals surface area contributed by atoms with Gasteiger partial charge in [-0.15, -0.1) is 0 Å². The van der Waals surface area contributed by atoms with Crippen LogP contribution in [0.3, 0.4) is 0 Å². The molecule has 1 aliphatic rings. The quantitative estimate of drug-likeness (QED) is 0.308. The third-order valence-corrected chi connectivity index (χ3v) is 5.67. The van der Waals surface area contributed by atoms with Gasteiger partial charge in [0.1, 0.15) is 17.1 Å². The van der Waals surface area contributed by atoms with E-state index in [4.69, 9.17) is 16.2 Å². The monoisotopic (exact) mass is 390 g/mol. The number of benzene rings is 1. The van der Waals surface area contributed by atoms with Gasteiger partial charge < -0.3 is 26.6 Å². The zero-order valence-electron chi connectivity index (χ0n) is 17.5. The smallest absolute Gasteiger partial charge is 0.219 e. The molecule has 0 spiro atoms. The highest BCUT2D eigenvalue weighted by Gasteiger charge is 2.34. The maximum absolute atomic E-state index is 12.0. The van der Waals surface area contributed by atoms with Gasteiger partial charge in [-0.3, -0.25) is 9.79 Å². The molecule has 1 amide bonds. The van der Waals surface area contributed by atoms with Gasteiger partial charge in [-0.2, -0.15) is 0 Å². The largest absolute Gasteiger partial charge is 0.507 e. The lowest BCUT2D eigenvalue weighted by atomic mass is 9.85. The molecule has 2 rings (SSSR count). The molecule has 0 fully saturated rings. The van der Waals surface area contributed by atoms with Crippen molar-refractivity contribution in [1.82, 2.24) is 5.32 Å². The van der Waals surface area contributed by atoms with Gasteiger partial charge in [-0.25, -0.2) is 0 Å². The van der Waals surface area contributed by atoms with Crippen molar-refractivity contribution in [3.8, 4) is 11.5 Å². The summed E-state index contributed by atoms with van der Waals surface area (Å²) in [6.07, 6.45) is 4.47. The predicted molar refractivity (Wildman–Crippen MR) is 112 cm³/mol. The fraction of sp³-hybridized carbons (Fsp3) is 0.619. The van der Waals surface area contributed by atoms with Crippen LogP contribution in [-0.4, -0.2) is 35.7 Å². The maximum Gasteiger partial charge on any atom is 0.219 e. The first-order valence-corrected chi connectivity index (χ1v) is 9.97. The van der Waals surface area contributed by atoms with Gasteiger partial charge in [0.25, 0.3) is 0 Å². The lowest BCUT2D eigenvalue weighted by molar-refractivity contribution is -0.121. The van der Waals surface area contributed by atoms with Gasteiger partial charge in [0, 0.05) is 31.5 Å². The topological polar surface area (TPSA) is 123 Å². The number of hydrogen-bond donors (Lipinski definition) is 4. The first-order valence-electron chi connectivity index (χ1n) is 9.97. The highest BCUT2D eigenvalue weighted by molar-refractivity contribution is 5.76. The van der Waals surface area contributed by atoms with E-state index in [-0.39, 0.29) is 17.5 Å². The van der Waals surface area contributed by atoms with Crippen LogP contribution in [0.2, 0.25) is 0 Å². The van der Waals surface area contributed by atoms with Crippen LogP contribution in [0.25, 0.3) is 0 Å². The molecule has 28 heavy (non-hydrogen) atoms. The van der Waals surface area contributed by atoms with Gasteiger partial charge >= 0.3 is 0 Å². The first kappa shape index (κ1) is 21.9. The van der Waals surface area contributed by atoms with Crippen LogP contribution in [0.5, 0.6) is 11.5 Å². The molecule has 1 atom stereocenters. The molecule has 1 heterocycles. The summed E-state index contributed by atoms with van der Waals surface area (Å²) in [6.45, 7) is 9.07. The number of amides is 1. The van der Waals surface area contributed by atoms with Crippen LogP contribution >= 0.6 is 0 Å². The fourth-order valence-electron chi connectivity index (χ4n) is 3.63. The number of hydrogen-bond acceptors (Lipinski definition) is 4. The number of carbonyl (C=O) groups is 1. The van der Waals surface area contributed by atoms with Crippen LogP contribution < -0.4 is 21.5 Å². The zero-order chi connectivity index (χ0) is 20.9. The summed E-state index contributed by atoms with van der Waals surface area (Å²) in [7, 11) is 0. The number of rotatable bonds is 8. The normalized spacial score (nSPS) is 18.1. The van der Waals surface area contributed by atoms with Crippen molar-refractivity contribution < 1.29 is 14.6 Å². The van der Waals surface area contributed by atoms with Crippen molar-refractivity contribution >= 4 is 11.9 Å². The van der Waals surface area contributed by atoms with E-state index in [1.54, 1.807) is 0 Å². The molecule has 0 saturated carbocycles. The molecule has 0 radical (unpaired) electrons. The summed E-state index contributed by atoms with van der Waals surface area (Å²) in [4.78, 5) is 15.9. The number of ether oxygens (including phenoxy) is 1. The van der Waals surface area contributed by atoms with E-state index in [0.29, 0.717) is 25.3 Å². The predicted octanol–water partition coefficient (Wildman–Crippen LogP) is 2.35. The molecule has 0 aromatic heterocycles. The summed E-state index contributed by atoms with van der Waals surface area (Å²) in [6, 6.07) is 0. The number of guanidine groups is 1. The first-order chi connectivity index (χ1) is 13.1. The third-order valence-electron chi connectivity index (χ3n) is 5.67. The van der Waals surface area contributed by atoms with Crippen molar-refractivity contribution in [2.45, 2.75) is 71.8 Å². The van der Waals surface area contributed by atoms with Gasteiger partial charge in [0.15, 0.2) is 5.96 Å². The van der Waals surface area contributed by atoms with Gasteiger partial charge in [-0.05, 0) is 70.1 Å². The van der Waals surface area contributed by atoms with E-state index in [0.717, 1.165) is 60.1 Å². The van der Waals surface area contributed by atoms with Crippen molar-refractivity contribution in [2.24, 2.45) is 16.5 Å². The van der Waals surface area contributed by atoms with Crippen LogP contribution in [0.1, 0.15) is 61.3 Å². The van der Waals surface area contributed by atoms with Crippen LogP contribution in [0.15, 0.2) is 4.99 Å². The average molecular weight is 391 g/mol. The third kappa shape index (κ3) is 5.30. The SMILES string of the molecule is Cc1c(C)c2c(c(C)c1O)CCC(C)(CCNC(=O)CCCCN=C(N)N)O2. The summed E-state index contributed by atoms with van der Waals surface area (Å²) < 4.78 is 6.38. The average Bonchev–Trinajstić information content (AvgIpc) is 2.64. The molecule has 6 N–H and O–H groups in total. The van der Waals surface area contributed by atoms with Crippen LogP contribution in [-0.2, 0) is 11.2 Å². The fourth-order valence-corrected chi connectivity index (χ4v) is 3.63. The molecule has 1 unspecified atom stereocenters. The van der Waals surface area contributed by atoms with Gasteiger partial charge in [0.05, 0.1) is 0 Å². The minimum Gasteiger partial charge on any atom is -0.507 e. The van der Waals surface area contributed by atoms with E-state index < -0.39 is 0 Å². The second-order valence-corrected chi connectivity index (χ2v) is 7.95. The number of nitrogens with one attached hydrogen (secondary N) is 1. The van der Waals surface area contributed by atoms with Crippen molar-refractivity contribution in [3.05, 3.63) is 22.3 Å². The van der Waals surface area contributed by atoms with Crippen LogP contribution in [0.4, 0.5) is 0 Å². The molecule has 0 bridgehead atoms. The standard InChI is InChI=1S/C21H34N4O3/c1-13-14(2)19-16(15(3)18(13)27)8-9-21(4,28-19)10-12-24-17(26)7-5-6-11-25-20(22)23/h27H,5-12H2,1-4H3,(H,24,26)(H4,22,23,25). The van der Waals surface area contributed by atoms with Crippen molar-refractivity contribution in [2.75, 3.05) is 13.1 Å². The molecule has 156 valence electrons. The zero-order valence-corrected chi connectivity index (χ0v) is 17.5. The van der Waals surface area contributed by atoms with E-state index in [2.05, 4.69) is 17.2 Å². The Hall–Kier alpha value is -2.44. The number of aliphatic imine (C=N–C) groups is 1. The summed E-state index contributed by atoms with van der Waals surface area (Å²) in [5.74, 6) is 1.39. The Bertz CT molecular complexity index is 757. The number of fused-ring (bicyclic) bond motifs is 1.